The number of benzene rings is 4. The predicted molar refractivity (Wildman–Crippen MR) is 178 cm³/mol. The lowest BCUT2D eigenvalue weighted by atomic mass is 10.0. The van der Waals surface area contributed by atoms with Crippen molar-refractivity contribution in [3.63, 3.8) is 0 Å². The van der Waals surface area contributed by atoms with Crippen molar-refractivity contribution in [1.82, 2.24) is 0 Å². The maximum Gasteiger partial charge on any atom is 0.189 e. The number of nitrogens with zero attached hydrogens (tertiary/aromatic N) is 2. The van der Waals surface area contributed by atoms with Crippen molar-refractivity contribution in [3.05, 3.63) is 141 Å². The zero-order chi connectivity index (χ0) is 28.4. The largest absolute Gasteiger partial charge is 0.364 e. The molecule has 0 saturated carbocycles. The molecule has 2 aliphatic rings. The third-order valence-electron chi connectivity index (χ3n) is 8.93. The quantitative estimate of drug-likeness (QED) is 0.231. The molecule has 0 spiro atoms. The first kappa shape index (κ1) is 26.6. The lowest BCUT2D eigenvalue weighted by Crippen LogP contribution is -2.48. The van der Waals surface area contributed by atoms with Crippen LogP contribution in [0.3, 0.4) is 0 Å². The van der Waals surface area contributed by atoms with Gasteiger partial charge in [0.2, 0.25) is 0 Å². The highest BCUT2D eigenvalue weighted by atomic mass is 28.3. The summed E-state index contributed by atoms with van der Waals surface area (Å²) < 4.78 is 5.63. The second kappa shape index (κ2) is 9.50. The van der Waals surface area contributed by atoms with Crippen LogP contribution in [-0.2, 0) is 0 Å². The van der Waals surface area contributed by atoms with E-state index in [2.05, 4.69) is 160 Å². The number of aryl methyl sites for hydroxylation is 4. The van der Waals surface area contributed by atoms with Gasteiger partial charge in [-0.05, 0) is 97.7 Å². The number of rotatable bonds is 4. The van der Waals surface area contributed by atoms with E-state index in [9.17, 15) is 0 Å². The van der Waals surface area contributed by atoms with Crippen LogP contribution in [0, 0.1) is 27.7 Å². The molecule has 202 valence electrons. The van der Waals surface area contributed by atoms with E-state index in [-0.39, 0.29) is 0 Å². The van der Waals surface area contributed by atoms with Gasteiger partial charge in [-0.2, -0.15) is 0 Å². The van der Waals surface area contributed by atoms with Crippen LogP contribution < -0.4 is 9.13 Å². The molecule has 2 nitrogen and oxygen atoms in total. The van der Waals surface area contributed by atoms with Gasteiger partial charge in [0, 0.05) is 22.8 Å². The van der Waals surface area contributed by atoms with Gasteiger partial charge in [-0.25, -0.2) is 0 Å². The molecule has 6 rings (SSSR count). The van der Waals surface area contributed by atoms with Crippen LogP contribution in [0.15, 0.2) is 107 Å². The second-order valence-electron chi connectivity index (χ2n) is 12.4. The summed E-state index contributed by atoms with van der Waals surface area (Å²) in [7, 11) is -4.52. The Hall–Kier alpha value is -3.61. The number of fused-ring (bicyclic) bond motifs is 1. The third-order valence-corrected chi connectivity index (χ3v) is 15.7. The normalized spacial score (nSPS) is 17.6. The SMILES string of the molecule is Cc1cccc(C)c1N1C(c2ccccc2)=C2C(=C(c3ccccc3)N(c3c(C)cccc3C)[Si]2(C)C)[Si]1(C)C. The first-order valence-corrected chi connectivity index (χ1v) is 20.3. The Morgan fingerprint density at radius 3 is 1.00 bits per heavy atom. The molecule has 4 aromatic carbocycles. The van der Waals surface area contributed by atoms with Crippen LogP contribution in [0.2, 0.25) is 26.2 Å². The molecule has 2 aliphatic heterocycles. The van der Waals surface area contributed by atoms with E-state index in [0.29, 0.717) is 0 Å². The summed E-state index contributed by atoms with van der Waals surface area (Å²) in [5.74, 6) is 0. The molecule has 0 aromatic heterocycles. The fourth-order valence-electron chi connectivity index (χ4n) is 7.27. The molecule has 2 heterocycles. The van der Waals surface area contributed by atoms with Crippen LogP contribution in [0.1, 0.15) is 33.4 Å². The second-order valence-corrected chi connectivity index (χ2v) is 20.6. The summed E-state index contributed by atoms with van der Waals surface area (Å²) in [4.78, 5) is 0. The van der Waals surface area contributed by atoms with E-state index in [1.165, 1.54) is 56.1 Å². The standard InChI is InChI=1S/C36H40N2Si2/c1-25-17-15-18-26(2)31(25)37-33(29-21-11-9-12-22-29)35-36(39(37,5)6)34(30-23-13-10-14-24-30)38(40(35,7)8)32-27(3)19-16-20-28(32)4/h9-24H,1-8H3. The van der Waals surface area contributed by atoms with Gasteiger partial charge < -0.3 is 9.13 Å². The summed E-state index contributed by atoms with van der Waals surface area (Å²) in [5.41, 5.74) is 13.7. The molecule has 0 radical (unpaired) electrons. The fourth-order valence-corrected chi connectivity index (χ4v) is 16.3. The number of anilines is 2. The number of para-hydroxylation sites is 2. The van der Waals surface area contributed by atoms with Gasteiger partial charge in [0.1, 0.15) is 0 Å². The molecular weight excluding hydrogens is 517 g/mol. The number of hydrogen-bond acceptors (Lipinski definition) is 2. The van der Waals surface area contributed by atoms with E-state index in [4.69, 9.17) is 0 Å². The van der Waals surface area contributed by atoms with E-state index >= 15 is 0 Å². The van der Waals surface area contributed by atoms with E-state index in [1.807, 2.05) is 0 Å². The summed E-state index contributed by atoms with van der Waals surface area (Å²) >= 11 is 0. The summed E-state index contributed by atoms with van der Waals surface area (Å²) in [6, 6.07) is 35.9. The Morgan fingerprint density at radius 2 is 0.700 bits per heavy atom. The van der Waals surface area contributed by atoms with E-state index < -0.39 is 16.5 Å². The van der Waals surface area contributed by atoms with Crippen LogP contribution in [0.5, 0.6) is 0 Å². The van der Waals surface area contributed by atoms with Crippen molar-refractivity contribution in [2.45, 2.75) is 53.9 Å². The van der Waals surface area contributed by atoms with Crippen LogP contribution in [0.25, 0.3) is 11.4 Å². The van der Waals surface area contributed by atoms with Gasteiger partial charge >= 0.3 is 0 Å². The first-order chi connectivity index (χ1) is 19.1. The topological polar surface area (TPSA) is 6.48 Å². The van der Waals surface area contributed by atoms with Crippen LogP contribution in [0.4, 0.5) is 11.4 Å². The van der Waals surface area contributed by atoms with Crippen molar-refractivity contribution in [3.8, 4) is 0 Å². The van der Waals surface area contributed by atoms with E-state index in [1.54, 1.807) is 10.4 Å². The average Bonchev–Trinajstić information content (AvgIpc) is 3.31. The minimum Gasteiger partial charge on any atom is -0.364 e. The van der Waals surface area contributed by atoms with Gasteiger partial charge in [-0.15, -0.1) is 0 Å². The maximum absolute atomic E-state index is 2.82. The molecule has 0 bridgehead atoms. The monoisotopic (exact) mass is 556 g/mol. The molecule has 0 N–H and O–H groups in total. The summed E-state index contributed by atoms with van der Waals surface area (Å²) in [6.45, 7) is 19.4. The smallest absolute Gasteiger partial charge is 0.189 e. The Kier molecular flexibility index (Phi) is 6.32. The number of hydrogen-bond donors (Lipinski definition) is 0. The molecular formula is C36H40N2Si2. The predicted octanol–water partition coefficient (Wildman–Crippen LogP) is 9.57. The summed E-state index contributed by atoms with van der Waals surface area (Å²) in [6.07, 6.45) is 0. The molecule has 4 aromatic rings. The van der Waals surface area contributed by atoms with Crippen molar-refractivity contribution >= 4 is 39.2 Å². The van der Waals surface area contributed by atoms with Gasteiger partial charge in [-0.1, -0.05) is 97.1 Å². The molecule has 0 saturated heterocycles. The Labute approximate surface area is 242 Å². The Morgan fingerprint density at radius 1 is 0.400 bits per heavy atom. The molecule has 0 unspecified atom stereocenters. The van der Waals surface area contributed by atoms with Crippen LogP contribution >= 0.6 is 0 Å². The van der Waals surface area contributed by atoms with Gasteiger partial charge in [0.15, 0.2) is 16.5 Å². The highest BCUT2D eigenvalue weighted by Gasteiger charge is 2.59. The molecule has 0 amide bonds. The van der Waals surface area contributed by atoms with Crippen molar-refractivity contribution in [2.75, 3.05) is 9.13 Å². The lowest BCUT2D eigenvalue weighted by molar-refractivity contribution is 1.25. The Balaban J connectivity index is 1.79. The highest BCUT2D eigenvalue weighted by molar-refractivity contribution is 7.04. The Bertz CT molecular complexity index is 1510. The van der Waals surface area contributed by atoms with Crippen molar-refractivity contribution < 1.29 is 0 Å². The zero-order valence-electron chi connectivity index (χ0n) is 25.1. The van der Waals surface area contributed by atoms with Crippen LogP contribution in [-0.4, -0.2) is 16.5 Å². The molecule has 0 fully saturated rings. The molecule has 0 aliphatic carbocycles. The third kappa shape index (κ3) is 3.81. The molecule has 0 atom stereocenters. The average molecular weight is 557 g/mol. The number of allylic oxidation sites excluding steroid dienone is 2. The molecule has 40 heavy (non-hydrogen) atoms. The maximum atomic E-state index is 2.82. The van der Waals surface area contributed by atoms with Gasteiger partial charge in [-0.3, -0.25) is 0 Å². The zero-order valence-corrected chi connectivity index (χ0v) is 27.1. The lowest BCUT2D eigenvalue weighted by Gasteiger charge is -2.42. The summed E-state index contributed by atoms with van der Waals surface area (Å²) in [5, 5.41) is 3.22. The first-order valence-electron chi connectivity index (χ1n) is 14.4. The van der Waals surface area contributed by atoms with Crippen molar-refractivity contribution in [2.24, 2.45) is 0 Å². The van der Waals surface area contributed by atoms with Crippen molar-refractivity contribution in [1.29, 1.82) is 0 Å². The van der Waals surface area contributed by atoms with E-state index in [0.717, 1.165) is 0 Å². The highest BCUT2D eigenvalue weighted by Crippen LogP contribution is 2.59. The minimum absolute atomic E-state index is 1.33. The van der Waals surface area contributed by atoms with Gasteiger partial charge in [0.25, 0.3) is 0 Å². The fraction of sp³-hybridized carbons (Fsp3) is 0.222. The van der Waals surface area contributed by atoms with Gasteiger partial charge in [0.05, 0.1) is 0 Å². The molecule has 4 heteroatoms. The minimum atomic E-state index is -2.26.